The van der Waals surface area contributed by atoms with Crippen LogP contribution in [0, 0.1) is 5.41 Å². The van der Waals surface area contributed by atoms with E-state index in [4.69, 9.17) is 16.3 Å². The number of sulfone groups is 1. The number of benzene rings is 4. The molecule has 18 heteroatoms. The minimum absolute atomic E-state index is 0.00121. The van der Waals surface area contributed by atoms with E-state index >= 15 is 0 Å². The quantitative estimate of drug-likeness (QED) is 0.104. The van der Waals surface area contributed by atoms with Crippen molar-refractivity contribution in [1.29, 1.82) is 0 Å². The maximum Gasteiger partial charge on any atom is 0.501 e. The first kappa shape index (κ1) is 49.8. The highest BCUT2D eigenvalue weighted by molar-refractivity contribution is 7.99. The minimum Gasteiger partial charge on any atom is -0.380 e. The summed E-state index contributed by atoms with van der Waals surface area (Å²) in [6.07, 6.45) is 4.42. The number of halogens is 4. The number of thioether (sulfide) groups is 1. The molecule has 2 N–H and O–H groups in total. The number of alkyl halides is 3. The summed E-state index contributed by atoms with van der Waals surface area (Å²) in [4.78, 5) is 19.1. The zero-order valence-corrected chi connectivity index (χ0v) is 40.4. The Bertz CT molecular complexity index is 2550. The number of anilines is 2. The van der Waals surface area contributed by atoms with Crippen molar-refractivity contribution in [2.24, 2.45) is 5.41 Å². The number of nitrogens with one attached hydrogen (secondary N) is 2. The van der Waals surface area contributed by atoms with Gasteiger partial charge in [-0.05, 0) is 115 Å². The molecule has 2 saturated heterocycles. The number of hydrogen-bond donors (Lipinski definition) is 2. The monoisotopic (exact) mass is 987 g/mol. The van der Waals surface area contributed by atoms with Gasteiger partial charge < -0.3 is 19.9 Å². The van der Waals surface area contributed by atoms with Gasteiger partial charge in [0.15, 0.2) is 0 Å². The lowest BCUT2D eigenvalue weighted by Gasteiger charge is -2.39. The lowest BCUT2D eigenvalue weighted by atomic mass is 9.73. The van der Waals surface area contributed by atoms with Crippen LogP contribution in [0.2, 0.25) is 5.02 Å². The maximum atomic E-state index is 14.2. The topological polar surface area (TPSA) is 128 Å². The molecule has 4 aromatic rings. The van der Waals surface area contributed by atoms with Crippen LogP contribution in [0.15, 0.2) is 117 Å². The smallest absolute Gasteiger partial charge is 0.380 e. The summed E-state index contributed by atoms with van der Waals surface area (Å²) < 4.78 is 104. The van der Waals surface area contributed by atoms with Gasteiger partial charge >= 0.3 is 5.51 Å². The number of nitrogens with zero attached hydrogens (tertiary/aromatic N) is 3. The third-order valence-corrected chi connectivity index (χ3v) is 16.7. The zero-order valence-electron chi connectivity index (χ0n) is 37.2. The molecule has 0 bridgehead atoms. The molecule has 356 valence electrons. The van der Waals surface area contributed by atoms with E-state index in [9.17, 15) is 34.8 Å². The van der Waals surface area contributed by atoms with Crippen LogP contribution in [0.25, 0.3) is 5.57 Å². The first-order chi connectivity index (χ1) is 31.4. The Morgan fingerprint density at radius 2 is 1.58 bits per heavy atom. The molecule has 3 aliphatic rings. The van der Waals surface area contributed by atoms with Crippen molar-refractivity contribution >= 4 is 66.1 Å². The molecule has 0 radical (unpaired) electrons. The molecule has 0 spiro atoms. The molecule has 1 aliphatic carbocycles. The second kappa shape index (κ2) is 21.5. The van der Waals surface area contributed by atoms with Crippen LogP contribution in [-0.4, -0.2) is 115 Å². The average Bonchev–Trinajstić information content (AvgIpc) is 3.57. The molecule has 2 fully saturated rings. The molecule has 11 nitrogen and oxygen atoms in total. The van der Waals surface area contributed by atoms with Crippen molar-refractivity contribution in [2.45, 2.75) is 72.2 Å². The number of carbonyl (C=O) groups is 1. The molecule has 4 aromatic carbocycles. The fourth-order valence-electron chi connectivity index (χ4n) is 8.69. The van der Waals surface area contributed by atoms with Crippen LogP contribution in [-0.2, 0) is 24.6 Å². The molecule has 2 aliphatic heterocycles. The van der Waals surface area contributed by atoms with Gasteiger partial charge in [-0.3, -0.25) is 9.69 Å². The third-order valence-electron chi connectivity index (χ3n) is 12.4. The summed E-state index contributed by atoms with van der Waals surface area (Å²) in [6.45, 7) is 11.8. The van der Waals surface area contributed by atoms with E-state index in [-0.39, 0.29) is 11.0 Å². The van der Waals surface area contributed by atoms with Crippen molar-refractivity contribution in [3.8, 4) is 0 Å². The molecule has 66 heavy (non-hydrogen) atoms. The zero-order chi connectivity index (χ0) is 47.1. The van der Waals surface area contributed by atoms with E-state index < -0.39 is 52.8 Å². The summed E-state index contributed by atoms with van der Waals surface area (Å²) in [5, 5.41) is 3.72. The van der Waals surface area contributed by atoms with Gasteiger partial charge in [-0.25, -0.2) is 21.6 Å². The molecular formula is C48H57ClF3N5O6S3. The van der Waals surface area contributed by atoms with Crippen molar-refractivity contribution in [2.75, 3.05) is 81.5 Å². The number of sulfonamides is 1. The molecule has 1 amide bonds. The van der Waals surface area contributed by atoms with E-state index in [0.29, 0.717) is 49.6 Å². The van der Waals surface area contributed by atoms with E-state index in [2.05, 4.69) is 46.0 Å². The van der Waals surface area contributed by atoms with E-state index in [1.165, 1.54) is 40.6 Å². The van der Waals surface area contributed by atoms with Gasteiger partial charge in [0.1, 0.15) is 4.90 Å². The summed E-state index contributed by atoms with van der Waals surface area (Å²) in [5.41, 5.74) is -1.01. The van der Waals surface area contributed by atoms with Crippen LogP contribution < -0.4 is 14.9 Å². The lowest BCUT2D eigenvalue weighted by Crippen LogP contribution is -2.47. The van der Waals surface area contributed by atoms with Gasteiger partial charge in [0.2, 0.25) is 0 Å². The van der Waals surface area contributed by atoms with Crippen LogP contribution in [0.1, 0.15) is 61.9 Å². The molecule has 7 rings (SSSR count). The van der Waals surface area contributed by atoms with Crippen LogP contribution in [0.5, 0.6) is 0 Å². The number of rotatable bonds is 16. The van der Waals surface area contributed by atoms with Crippen LogP contribution >= 0.6 is 23.4 Å². The fraction of sp³-hybridized carbons (Fsp3) is 0.438. The Hall–Kier alpha value is -4.10. The molecule has 2 heterocycles. The SMILES string of the molecule is CC1(C)CCC(c2ccc(Cl)cc2)=C(CN2CCN(c3ccc(C(=O)NS(=O)(=O)c4ccc(N[C@H](CCN5CCCOCC5)CSc5ccccc5)c(S(=O)(=O)C(F)(F)F)c4)cc3)CC2)C1. The van der Waals surface area contributed by atoms with E-state index in [1.54, 1.807) is 12.1 Å². The summed E-state index contributed by atoms with van der Waals surface area (Å²) >= 11 is 7.64. The predicted octanol–water partition coefficient (Wildman–Crippen LogP) is 9.22. The number of hydrogen-bond acceptors (Lipinski definition) is 11. The number of carbonyl (C=O) groups excluding carboxylic acids is 1. The van der Waals surface area contributed by atoms with Gasteiger partial charge in [-0.15, -0.1) is 11.8 Å². The number of piperazine rings is 1. The predicted molar refractivity (Wildman–Crippen MR) is 257 cm³/mol. The van der Waals surface area contributed by atoms with Gasteiger partial charge in [-0.2, -0.15) is 13.2 Å². The maximum absolute atomic E-state index is 14.2. The van der Waals surface area contributed by atoms with E-state index in [0.717, 1.165) is 87.7 Å². The normalized spacial score (nSPS) is 18.4. The number of ether oxygens (including phenoxy) is 1. The first-order valence-electron chi connectivity index (χ1n) is 22.2. The first-order valence-corrected chi connectivity index (χ1v) is 26.5. The van der Waals surface area contributed by atoms with Crippen molar-refractivity contribution in [3.05, 3.63) is 119 Å². The third kappa shape index (κ3) is 12.9. The Balaban J connectivity index is 1.02. The van der Waals surface area contributed by atoms with Gasteiger partial charge in [0, 0.05) is 91.9 Å². The standard InChI is InChI=1S/C48H57ClF3N5O6S3/c1-47(2)21-19-43(35-9-13-38(49)14-10-35)37(32-47)33-56-24-26-57(27-25-56)40-15-11-36(12-16-40)46(58)54-66(61,62)42-17-18-44(45(31-42)65(59,60)48(50,51)52)53-39(34-64-41-7-4-3-5-8-41)20-23-55-22-6-29-63-30-28-55/h3-5,7-18,31,39,53H,6,19-30,32-34H2,1-2H3,(H,54,58)/t39-/m1/s1. The Morgan fingerprint density at radius 3 is 2.27 bits per heavy atom. The number of amides is 1. The van der Waals surface area contributed by atoms with Crippen molar-refractivity contribution in [3.63, 3.8) is 0 Å². The Kier molecular flexibility index (Phi) is 16.2. The average molecular weight is 989 g/mol. The highest BCUT2D eigenvalue weighted by atomic mass is 35.5. The highest BCUT2D eigenvalue weighted by Gasteiger charge is 2.48. The summed E-state index contributed by atoms with van der Waals surface area (Å²) in [6, 6.07) is 25.8. The largest absolute Gasteiger partial charge is 0.501 e. The Morgan fingerprint density at radius 1 is 0.864 bits per heavy atom. The van der Waals surface area contributed by atoms with Gasteiger partial charge in [-0.1, -0.05) is 61.4 Å². The highest BCUT2D eigenvalue weighted by Crippen LogP contribution is 2.43. The molecule has 0 saturated carbocycles. The minimum atomic E-state index is -6.06. The van der Waals surface area contributed by atoms with Crippen molar-refractivity contribution < 1.29 is 39.5 Å². The second-order valence-electron chi connectivity index (χ2n) is 17.8. The summed E-state index contributed by atoms with van der Waals surface area (Å²) in [7, 11) is -10.9. The van der Waals surface area contributed by atoms with Gasteiger partial charge in [0.05, 0.1) is 17.2 Å². The molecular weight excluding hydrogens is 931 g/mol. The molecule has 0 unspecified atom stereocenters. The van der Waals surface area contributed by atoms with Crippen LogP contribution in [0.3, 0.4) is 0 Å². The van der Waals surface area contributed by atoms with E-state index in [1.807, 2.05) is 47.2 Å². The summed E-state index contributed by atoms with van der Waals surface area (Å²) in [5.74, 6) is -0.653. The number of allylic oxidation sites excluding steroid dienone is 1. The molecule has 0 aromatic heterocycles. The second-order valence-corrected chi connectivity index (χ2v) is 23.0. The lowest BCUT2D eigenvalue weighted by molar-refractivity contribution is -0.0435. The molecule has 1 atom stereocenters. The Labute approximate surface area is 396 Å². The van der Waals surface area contributed by atoms with Crippen molar-refractivity contribution in [1.82, 2.24) is 14.5 Å². The van der Waals surface area contributed by atoms with Gasteiger partial charge in [0.25, 0.3) is 25.8 Å². The van der Waals surface area contributed by atoms with Crippen LogP contribution in [0.4, 0.5) is 24.5 Å². The fourth-order valence-corrected chi connectivity index (χ4v) is 11.8.